The first-order chi connectivity index (χ1) is 4.42. The summed E-state index contributed by atoms with van der Waals surface area (Å²) in [4.78, 5) is 5.03. The number of hydrogen-bond acceptors (Lipinski definition) is 3. The molecule has 2 N–H and O–H groups in total. The molecule has 3 heteroatoms. The van der Waals surface area contributed by atoms with Gasteiger partial charge in [0.25, 0.3) is 0 Å². The number of nitrogens with zero attached hydrogens (tertiary/aromatic N) is 1. The Morgan fingerprint density at radius 2 is 2.00 bits per heavy atom. The first kappa shape index (κ1) is 9.43. The highest BCUT2D eigenvalue weighted by Crippen LogP contribution is 2.05. The molecule has 0 aliphatic rings. The van der Waals surface area contributed by atoms with Crippen molar-refractivity contribution in [2.24, 2.45) is 10.9 Å². The van der Waals surface area contributed by atoms with Crippen LogP contribution in [0.25, 0.3) is 0 Å². The molecule has 60 valence electrons. The van der Waals surface area contributed by atoms with Crippen LogP contribution in [0.4, 0.5) is 0 Å². The molecule has 0 aliphatic carbocycles. The molecule has 0 aliphatic heterocycles. The lowest BCUT2D eigenvalue weighted by Crippen LogP contribution is -2.19. The van der Waals surface area contributed by atoms with Crippen LogP contribution < -0.4 is 5.73 Å². The Morgan fingerprint density at radius 1 is 1.50 bits per heavy atom. The molecule has 0 saturated carbocycles. The summed E-state index contributed by atoms with van der Waals surface area (Å²) in [7, 11) is 0. The van der Waals surface area contributed by atoms with E-state index < -0.39 is 0 Å². The molecular formula is C7H16N2O. The molecule has 0 aromatic rings. The highest BCUT2D eigenvalue weighted by Gasteiger charge is 2.08. The van der Waals surface area contributed by atoms with E-state index in [-0.39, 0.29) is 11.6 Å². The maximum atomic E-state index is 5.39. The Balaban J connectivity index is 3.54. The Morgan fingerprint density at radius 3 is 2.30 bits per heavy atom. The van der Waals surface area contributed by atoms with Gasteiger partial charge in [0.2, 0.25) is 0 Å². The van der Waals surface area contributed by atoms with E-state index in [2.05, 4.69) is 5.16 Å². The molecule has 3 nitrogen and oxygen atoms in total. The van der Waals surface area contributed by atoms with Gasteiger partial charge < -0.3 is 10.6 Å². The van der Waals surface area contributed by atoms with E-state index in [9.17, 15) is 0 Å². The molecule has 0 fully saturated rings. The van der Waals surface area contributed by atoms with Crippen molar-refractivity contribution in [2.75, 3.05) is 0 Å². The van der Waals surface area contributed by atoms with Gasteiger partial charge in [-0.1, -0.05) is 5.16 Å². The van der Waals surface area contributed by atoms with Gasteiger partial charge in [0.1, 0.15) is 5.60 Å². The Labute approximate surface area is 62.2 Å². The van der Waals surface area contributed by atoms with Crippen molar-refractivity contribution in [1.82, 2.24) is 0 Å². The van der Waals surface area contributed by atoms with Crippen LogP contribution in [0.5, 0.6) is 0 Å². The predicted molar refractivity (Wildman–Crippen MR) is 43.0 cm³/mol. The van der Waals surface area contributed by atoms with Crippen LogP contribution in [-0.4, -0.2) is 17.9 Å². The number of nitrogens with two attached hydrogens (primary N) is 1. The molecule has 1 atom stereocenters. The van der Waals surface area contributed by atoms with Gasteiger partial charge in [-0.15, -0.1) is 0 Å². The summed E-state index contributed by atoms with van der Waals surface area (Å²) in [6.07, 6.45) is 1.57. The van der Waals surface area contributed by atoms with Gasteiger partial charge in [-0.2, -0.15) is 0 Å². The van der Waals surface area contributed by atoms with E-state index >= 15 is 0 Å². The summed E-state index contributed by atoms with van der Waals surface area (Å²) in [5.41, 5.74) is 5.18. The maximum absolute atomic E-state index is 5.39. The number of rotatable bonds is 2. The molecule has 0 saturated heterocycles. The number of hydrogen-bond donors (Lipinski definition) is 1. The van der Waals surface area contributed by atoms with Crippen molar-refractivity contribution in [1.29, 1.82) is 0 Å². The summed E-state index contributed by atoms with van der Waals surface area (Å²) < 4.78 is 0. The quantitative estimate of drug-likeness (QED) is 0.466. The second-order valence-electron chi connectivity index (χ2n) is 3.32. The van der Waals surface area contributed by atoms with E-state index in [1.807, 2.05) is 27.7 Å². The molecule has 0 aromatic heterocycles. The molecule has 0 rings (SSSR count). The van der Waals surface area contributed by atoms with E-state index in [0.717, 1.165) is 0 Å². The highest BCUT2D eigenvalue weighted by atomic mass is 16.6. The van der Waals surface area contributed by atoms with E-state index in [0.29, 0.717) is 0 Å². The van der Waals surface area contributed by atoms with Gasteiger partial charge >= 0.3 is 0 Å². The van der Waals surface area contributed by atoms with Crippen LogP contribution in [0.1, 0.15) is 27.7 Å². The van der Waals surface area contributed by atoms with Crippen LogP contribution in [0.2, 0.25) is 0 Å². The minimum atomic E-state index is -0.217. The average Bonchev–Trinajstić information content (AvgIpc) is 1.59. The van der Waals surface area contributed by atoms with Gasteiger partial charge in [0.15, 0.2) is 0 Å². The lowest BCUT2D eigenvalue weighted by Gasteiger charge is -2.14. The van der Waals surface area contributed by atoms with Crippen molar-refractivity contribution in [3.63, 3.8) is 0 Å². The lowest BCUT2D eigenvalue weighted by molar-refractivity contribution is 0.00150. The van der Waals surface area contributed by atoms with Crippen LogP contribution in [0.15, 0.2) is 5.16 Å². The summed E-state index contributed by atoms with van der Waals surface area (Å²) in [6, 6.07) is -0.0395. The summed E-state index contributed by atoms with van der Waals surface area (Å²) in [5.74, 6) is 0. The van der Waals surface area contributed by atoms with Gasteiger partial charge in [-0.3, -0.25) is 0 Å². The SMILES string of the molecule is CC(N)C=NOC(C)(C)C. The summed E-state index contributed by atoms with van der Waals surface area (Å²) >= 11 is 0. The zero-order valence-corrected chi connectivity index (χ0v) is 7.09. The minimum absolute atomic E-state index is 0.0395. The monoisotopic (exact) mass is 144 g/mol. The molecule has 0 heterocycles. The van der Waals surface area contributed by atoms with Crippen LogP contribution in [0, 0.1) is 0 Å². The maximum Gasteiger partial charge on any atom is 0.129 e. The minimum Gasteiger partial charge on any atom is -0.390 e. The predicted octanol–water partition coefficient (Wildman–Crippen LogP) is 1.13. The molecule has 0 spiro atoms. The first-order valence-corrected chi connectivity index (χ1v) is 3.39. The third-order valence-corrected chi connectivity index (χ3v) is 0.623. The zero-order chi connectivity index (χ0) is 8.20. The highest BCUT2D eigenvalue weighted by molar-refractivity contribution is 5.62. The van der Waals surface area contributed by atoms with E-state index in [1.165, 1.54) is 0 Å². The Hall–Kier alpha value is -0.570. The van der Waals surface area contributed by atoms with Gasteiger partial charge in [-0.25, -0.2) is 0 Å². The van der Waals surface area contributed by atoms with Crippen LogP contribution in [0.3, 0.4) is 0 Å². The summed E-state index contributed by atoms with van der Waals surface area (Å²) in [5, 5.41) is 3.69. The molecule has 0 bridgehead atoms. The second-order valence-corrected chi connectivity index (χ2v) is 3.32. The van der Waals surface area contributed by atoms with Gasteiger partial charge in [-0.05, 0) is 27.7 Å². The molecule has 1 unspecified atom stereocenters. The van der Waals surface area contributed by atoms with Crippen molar-refractivity contribution < 1.29 is 4.84 Å². The molecule has 10 heavy (non-hydrogen) atoms. The second kappa shape index (κ2) is 3.56. The third-order valence-electron chi connectivity index (χ3n) is 0.623. The molecule has 0 amide bonds. The zero-order valence-electron chi connectivity index (χ0n) is 7.09. The smallest absolute Gasteiger partial charge is 0.129 e. The standard InChI is InChI=1S/C7H16N2O/c1-6(8)5-9-10-7(2,3)4/h5-6H,8H2,1-4H3. The van der Waals surface area contributed by atoms with E-state index in [1.54, 1.807) is 6.21 Å². The first-order valence-electron chi connectivity index (χ1n) is 3.39. The van der Waals surface area contributed by atoms with Crippen LogP contribution in [-0.2, 0) is 4.84 Å². The Kier molecular flexibility index (Phi) is 3.36. The Bertz CT molecular complexity index is 113. The third kappa shape index (κ3) is 7.43. The largest absolute Gasteiger partial charge is 0.390 e. The van der Waals surface area contributed by atoms with E-state index in [4.69, 9.17) is 10.6 Å². The fraction of sp³-hybridized carbons (Fsp3) is 0.857. The van der Waals surface area contributed by atoms with Crippen molar-refractivity contribution in [2.45, 2.75) is 39.3 Å². The molecule has 0 radical (unpaired) electrons. The average molecular weight is 144 g/mol. The van der Waals surface area contributed by atoms with Crippen molar-refractivity contribution >= 4 is 6.21 Å². The van der Waals surface area contributed by atoms with Gasteiger partial charge in [0, 0.05) is 6.04 Å². The van der Waals surface area contributed by atoms with Gasteiger partial charge in [0.05, 0.1) is 6.21 Å². The normalized spacial score (nSPS) is 15.7. The van der Waals surface area contributed by atoms with Crippen LogP contribution >= 0.6 is 0 Å². The fourth-order valence-electron chi connectivity index (χ4n) is 0.285. The topological polar surface area (TPSA) is 47.6 Å². The lowest BCUT2D eigenvalue weighted by atomic mass is 10.2. The number of oxime groups is 1. The molecule has 0 aromatic carbocycles. The fourth-order valence-corrected chi connectivity index (χ4v) is 0.285. The summed E-state index contributed by atoms with van der Waals surface area (Å²) in [6.45, 7) is 7.65. The molecular weight excluding hydrogens is 128 g/mol. The van der Waals surface area contributed by atoms with Crippen molar-refractivity contribution in [3.05, 3.63) is 0 Å². The van der Waals surface area contributed by atoms with Crippen molar-refractivity contribution in [3.8, 4) is 0 Å².